The molecule has 0 saturated carbocycles. The van der Waals surface area contributed by atoms with Crippen molar-refractivity contribution >= 4 is 24.8 Å². The molecule has 0 amide bonds. The first-order valence-electron chi connectivity index (χ1n) is 8.98. The number of nitrogens with one attached hydrogen (secondary N) is 1. The van der Waals surface area contributed by atoms with Crippen LogP contribution < -0.4 is 5.32 Å². The quantitative estimate of drug-likeness (QED) is 0.635. The van der Waals surface area contributed by atoms with Gasteiger partial charge < -0.3 is 10.1 Å². The number of nitrogens with zero attached hydrogens (tertiary/aromatic N) is 1. The molecule has 0 spiro atoms. The molecule has 11 heteroatoms. The highest BCUT2D eigenvalue weighted by molar-refractivity contribution is 5.85. The summed E-state index contributed by atoms with van der Waals surface area (Å²) in [6, 6.07) is 1.48. The van der Waals surface area contributed by atoms with Gasteiger partial charge in [-0.3, -0.25) is 4.90 Å². The van der Waals surface area contributed by atoms with Gasteiger partial charge in [0.2, 0.25) is 0 Å². The van der Waals surface area contributed by atoms with Crippen molar-refractivity contribution in [2.75, 3.05) is 39.4 Å². The Morgan fingerprint density at radius 1 is 0.862 bits per heavy atom. The SMILES string of the molecule is Cl.Cl.FC(F)(F)c1cc([C@@H](C2CCOCC2)N2CCNCC2)cc(C(F)(F)F)c1. The monoisotopic (exact) mass is 468 g/mol. The summed E-state index contributed by atoms with van der Waals surface area (Å²) in [5.74, 6) is -0.0404. The van der Waals surface area contributed by atoms with Gasteiger partial charge >= 0.3 is 12.4 Å². The molecule has 29 heavy (non-hydrogen) atoms. The average molecular weight is 469 g/mol. The van der Waals surface area contributed by atoms with Gasteiger partial charge in [0.05, 0.1) is 11.1 Å². The topological polar surface area (TPSA) is 24.5 Å². The molecule has 1 atom stereocenters. The predicted octanol–water partition coefficient (Wildman–Crippen LogP) is 4.94. The van der Waals surface area contributed by atoms with Gasteiger partial charge in [0, 0.05) is 45.4 Å². The Labute approximate surface area is 178 Å². The van der Waals surface area contributed by atoms with E-state index in [4.69, 9.17) is 4.74 Å². The molecular weight excluding hydrogens is 445 g/mol. The zero-order valence-electron chi connectivity index (χ0n) is 15.5. The number of alkyl halides is 6. The fourth-order valence-electron chi connectivity index (χ4n) is 3.92. The molecule has 1 aromatic rings. The van der Waals surface area contributed by atoms with Gasteiger partial charge in [-0.1, -0.05) is 0 Å². The lowest BCUT2D eigenvalue weighted by Gasteiger charge is -2.41. The second-order valence-electron chi connectivity index (χ2n) is 7.02. The minimum absolute atomic E-state index is 0. The normalized spacial score (nSPS) is 20.5. The Morgan fingerprint density at radius 3 is 1.79 bits per heavy atom. The first-order valence-corrected chi connectivity index (χ1v) is 8.98. The molecule has 2 fully saturated rings. The van der Waals surface area contributed by atoms with Crippen molar-refractivity contribution < 1.29 is 31.1 Å². The average Bonchev–Trinajstić information content (AvgIpc) is 2.62. The van der Waals surface area contributed by atoms with Gasteiger partial charge in [-0.15, -0.1) is 24.8 Å². The number of hydrogen-bond donors (Lipinski definition) is 1. The molecule has 0 bridgehead atoms. The molecule has 2 aliphatic heterocycles. The summed E-state index contributed by atoms with van der Waals surface area (Å²) in [5.41, 5.74) is -2.41. The van der Waals surface area contributed by atoms with Gasteiger partial charge in [0.1, 0.15) is 0 Å². The summed E-state index contributed by atoms with van der Waals surface area (Å²) in [5, 5.41) is 3.17. The molecule has 168 valence electrons. The van der Waals surface area contributed by atoms with Crippen molar-refractivity contribution in [2.24, 2.45) is 5.92 Å². The Balaban J connectivity index is 0.00000210. The third-order valence-electron chi connectivity index (χ3n) is 5.21. The number of hydrogen-bond acceptors (Lipinski definition) is 3. The van der Waals surface area contributed by atoms with Gasteiger partial charge in [-0.2, -0.15) is 26.3 Å². The van der Waals surface area contributed by atoms with Crippen LogP contribution in [-0.4, -0.2) is 44.3 Å². The molecule has 2 heterocycles. The smallest absolute Gasteiger partial charge is 0.381 e. The standard InChI is InChI=1S/C18H22F6N2O.2ClH/c19-17(20,21)14-9-13(10-15(11-14)18(22,23)24)16(12-1-7-27-8-2-12)26-5-3-25-4-6-26;;/h9-12,16,25H,1-8H2;2*1H/t16-;;/m1../s1. The number of benzene rings is 1. The lowest BCUT2D eigenvalue weighted by molar-refractivity contribution is -0.143. The van der Waals surface area contributed by atoms with E-state index >= 15 is 0 Å². The molecule has 0 radical (unpaired) electrons. The van der Waals surface area contributed by atoms with Crippen LogP contribution in [0.1, 0.15) is 35.6 Å². The second kappa shape index (κ2) is 10.5. The zero-order chi connectivity index (χ0) is 19.7. The van der Waals surface area contributed by atoms with Crippen LogP contribution in [0.5, 0.6) is 0 Å². The summed E-state index contributed by atoms with van der Waals surface area (Å²) in [6.45, 7) is 3.42. The second-order valence-corrected chi connectivity index (χ2v) is 7.02. The highest BCUT2D eigenvalue weighted by Gasteiger charge is 2.39. The molecule has 1 aromatic carbocycles. The van der Waals surface area contributed by atoms with Crippen LogP contribution in [0.2, 0.25) is 0 Å². The Bertz CT molecular complexity index is 594. The van der Waals surface area contributed by atoms with Crippen molar-refractivity contribution in [3.05, 3.63) is 34.9 Å². The van der Waals surface area contributed by atoms with Crippen LogP contribution in [-0.2, 0) is 17.1 Å². The lowest BCUT2D eigenvalue weighted by Crippen LogP contribution is -2.47. The van der Waals surface area contributed by atoms with Gasteiger partial charge in [0.15, 0.2) is 0 Å². The van der Waals surface area contributed by atoms with Crippen LogP contribution in [0.3, 0.4) is 0 Å². The predicted molar refractivity (Wildman–Crippen MR) is 102 cm³/mol. The third kappa shape index (κ3) is 6.62. The van der Waals surface area contributed by atoms with E-state index in [0.29, 0.717) is 52.2 Å². The molecule has 1 N–H and O–H groups in total. The Hall–Kier alpha value is -0.740. The lowest BCUT2D eigenvalue weighted by atomic mass is 9.84. The van der Waals surface area contributed by atoms with Crippen LogP contribution in [0, 0.1) is 5.92 Å². The number of halogens is 8. The van der Waals surface area contributed by atoms with Crippen LogP contribution >= 0.6 is 24.8 Å². The van der Waals surface area contributed by atoms with E-state index in [9.17, 15) is 26.3 Å². The van der Waals surface area contributed by atoms with E-state index in [-0.39, 0.29) is 42.4 Å². The highest BCUT2D eigenvalue weighted by Crippen LogP contribution is 2.41. The van der Waals surface area contributed by atoms with Crippen molar-refractivity contribution in [3.8, 4) is 0 Å². The van der Waals surface area contributed by atoms with Crippen molar-refractivity contribution in [2.45, 2.75) is 31.2 Å². The third-order valence-corrected chi connectivity index (χ3v) is 5.21. The fourth-order valence-corrected chi connectivity index (χ4v) is 3.92. The van der Waals surface area contributed by atoms with E-state index in [1.54, 1.807) is 0 Å². The first kappa shape index (κ1) is 26.3. The number of ether oxygens (including phenoxy) is 1. The zero-order valence-corrected chi connectivity index (χ0v) is 17.1. The molecule has 2 saturated heterocycles. The van der Waals surface area contributed by atoms with E-state index in [1.165, 1.54) is 0 Å². The summed E-state index contributed by atoms with van der Waals surface area (Å²) in [4.78, 5) is 2.00. The Kier molecular flexibility index (Phi) is 9.54. The Morgan fingerprint density at radius 2 is 1.34 bits per heavy atom. The highest BCUT2D eigenvalue weighted by atomic mass is 35.5. The van der Waals surface area contributed by atoms with E-state index in [0.717, 1.165) is 12.1 Å². The summed E-state index contributed by atoms with van der Waals surface area (Å²) in [7, 11) is 0. The van der Waals surface area contributed by atoms with Crippen molar-refractivity contribution in [1.82, 2.24) is 10.2 Å². The van der Waals surface area contributed by atoms with E-state index in [1.807, 2.05) is 4.90 Å². The fraction of sp³-hybridized carbons (Fsp3) is 0.667. The molecular formula is C18H24Cl2F6N2O. The first-order chi connectivity index (χ1) is 12.7. The van der Waals surface area contributed by atoms with Gasteiger partial charge in [-0.25, -0.2) is 0 Å². The molecule has 2 aliphatic rings. The summed E-state index contributed by atoms with van der Waals surface area (Å²) < 4.78 is 85.0. The molecule has 3 nitrogen and oxygen atoms in total. The van der Waals surface area contributed by atoms with Crippen LogP contribution in [0.25, 0.3) is 0 Å². The molecule has 0 aliphatic carbocycles. The van der Waals surface area contributed by atoms with Gasteiger partial charge in [-0.05, 0) is 42.5 Å². The minimum atomic E-state index is -4.83. The minimum Gasteiger partial charge on any atom is -0.381 e. The molecule has 3 rings (SSSR count). The summed E-state index contributed by atoms with van der Waals surface area (Å²) in [6.07, 6.45) is -8.43. The summed E-state index contributed by atoms with van der Waals surface area (Å²) >= 11 is 0. The molecule has 0 unspecified atom stereocenters. The maximum atomic E-state index is 13.3. The van der Waals surface area contributed by atoms with Crippen LogP contribution in [0.4, 0.5) is 26.3 Å². The van der Waals surface area contributed by atoms with E-state index < -0.39 is 29.5 Å². The van der Waals surface area contributed by atoms with Crippen molar-refractivity contribution in [1.29, 1.82) is 0 Å². The van der Waals surface area contributed by atoms with E-state index in [2.05, 4.69) is 5.32 Å². The van der Waals surface area contributed by atoms with Gasteiger partial charge in [0.25, 0.3) is 0 Å². The molecule has 0 aromatic heterocycles. The maximum Gasteiger partial charge on any atom is 0.416 e. The van der Waals surface area contributed by atoms with Crippen LogP contribution in [0.15, 0.2) is 18.2 Å². The number of piperazine rings is 1. The number of rotatable bonds is 3. The maximum absolute atomic E-state index is 13.3. The largest absolute Gasteiger partial charge is 0.416 e. The van der Waals surface area contributed by atoms with Crippen molar-refractivity contribution in [3.63, 3.8) is 0 Å².